The summed E-state index contributed by atoms with van der Waals surface area (Å²) in [4.78, 5) is -0.280. The Morgan fingerprint density at radius 2 is 0.952 bits per heavy atom. The first-order valence-corrected chi connectivity index (χ1v) is 20.2. The van der Waals surface area contributed by atoms with Crippen LogP contribution in [-0.2, 0) is 19.7 Å². The van der Waals surface area contributed by atoms with Crippen LogP contribution in [0.2, 0.25) is 0 Å². The third kappa shape index (κ3) is 13.2. The van der Waals surface area contributed by atoms with Gasteiger partial charge in [-0.15, -0.1) is 0 Å². The van der Waals surface area contributed by atoms with E-state index in [0.717, 1.165) is 44.1 Å². The normalized spacial score (nSPS) is 16.9. The third-order valence-corrected chi connectivity index (χ3v) is 12.6. The Bertz CT molecular complexity index is 1000. The Balaban J connectivity index is 2.74. The maximum atomic E-state index is 13.6. The molecule has 0 spiro atoms. The van der Waals surface area contributed by atoms with Crippen molar-refractivity contribution < 1.29 is 16.8 Å². The SMILES string of the molecule is C=C(C1(C(=C)S(=O)(=O)CCCCCCCCCCCC)C=C(C)C=CC1N)S(=O)(=O)CCCCCCCCCCCC. The third-order valence-electron chi connectivity index (χ3n) is 8.75. The molecular weight excluding hydrogens is 563 g/mol. The number of hydrogen-bond donors (Lipinski definition) is 1. The molecule has 2 N–H and O–H groups in total. The minimum atomic E-state index is -3.81. The topological polar surface area (TPSA) is 94.3 Å². The average molecular weight is 626 g/mol. The van der Waals surface area contributed by atoms with Crippen molar-refractivity contribution in [1.82, 2.24) is 0 Å². The number of nitrogens with two attached hydrogens (primary N) is 1. The van der Waals surface area contributed by atoms with E-state index in [4.69, 9.17) is 5.73 Å². The molecule has 0 saturated carbocycles. The molecule has 0 bridgehead atoms. The van der Waals surface area contributed by atoms with Crippen LogP contribution in [0.4, 0.5) is 0 Å². The molecule has 0 aromatic carbocycles. The lowest BCUT2D eigenvalue weighted by Gasteiger charge is -2.40. The summed E-state index contributed by atoms with van der Waals surface area (Å²) >= 11 is 0. The van der Waals surface area contributed by atoms with Gasteiger partial charge in [-0.05, 0) is 19.8 Å². The molecule has 0 aliphatic heterocycles. The molecule has 42 heavy (non-hydrogen) atoms. The highest BCUT2D eigenvalue weighted by molar-refractivity contribution is 7.96. The van der Waals surface area contributed by atoms with Crippen LogP contribution in [0.15, 0.2) is 46.8 Å². The zero-order chi connectivity index (χ0) is 31.5. The minimum absolute atomic E-state index is 0.0564. The van der Waals surface area contributed by atoms with Crippen LogP contribution >= 0.6 is 0 Å². The molecule has 0 saturated heterocycles. The summed E-state index contributed by atoms with van der Waals surface area (Å²) in [6.45, 7) is 14.2. The van der Waals surface area contributed by atoms with E-state index in [1.54, 1.807) is 18.2 Å². The van der Waals surface area contributed by atoms with E-state index in [1.165, 1.54) is 77.0 Å². The second kappa shape index (κ2) is 20.7. The molecule has 5 nitrogen and oxygen atoms in total. The van der Waals surface area contributed by atoms with Gasteiger partial charge >= 0.3 is 0 Å². The summed E-state index contributed by atoms with van der Waals surface area (Å²) in [7, 11) is -7.62. The Morgan fingerprint density at radius 3 is 1.29 bits per heavy atom. The lowest BCUT2D eigenvalue weighted by Crippen LogP contribution is -2.47. The van der Waals surface area contributed by atoms with Gasteiger partial charge in [-0.25, -0.2) is 16.8 Å². The van der Waals surface area contributed by atoms with Gasteiger partial charge in [0.15, 0.2) is 19.7 Å². The lowest BCUT2D eigenvalue weighted by molar-refractivity contribution is 0.495. The van der Waals surface area contributed by atoms with Crippen LogP contribution in [0, 0.1) is 5.41 Å². The fourth-order valence-electron chi connectivity index (χ4n) is 5.92. The Hall–Kier alpha value is -1.18. The molecule has 1 unspecified atom stereocenters. The lowest BCUT2D eigenvalue weighted by atomic mass is 9.75. The van der Waals surface area contributed by atoms with Crippen LogP contribution in [0.25, 0.3) is 0 Å². The van der Waals surface area contributed by atoms with Gasteiger partial charge in [-0.3, -0.25) is 0 Å². The van der Waals surface area contributed by atoms with Gasteiger partial charge in [0, 0.05) is 6.04 Å². The molecule has 1 rings (SSSR count). The standard InChI is InChI=1S/C35H63NO4S2/c1-6-8-10-12-14-16-18-20-22-24-28-41(37,38)32(4)35(30-31(3)26-27-34(35)36)33(5)42(39,40)29-25-23-21-19-17-15-13-11-9-7-2/h26-27,30,34H,4-25,28-29,36H2,1-3H3. The largest absolute Gasteiger partial charge is 0.323 e. The van der Waals surface area contributed by atoms with Crippen molar-refractivity contribution in [2.45, 2.75) is 155 Å². The molecule has 0 amide bonds. The zero-order valence-electron chi connectivity index (χ0n) is 27.3. The molecule has 1 aliphatic carbocycles. The number of hydrogen-bond acceptors (Lipinski definition) is 5. The van der Waals surface area contributed by atoms with E-state index in [0.29, 0.717) is 12.8 Å². The van der Waals surface area contributed by atoms with Crippen molar-refractivity contribution in [2.75, 3.05) is 11.5 Å². The second-order valence-corrected chi connectivity index (χ2v) is 16.8. The van der Waals surface area contributed by atoms with Gasteiger partial charge < -0.3 is 5.73 Å². The van der Waals surface area contributed by atoms with Gasteiger partial charge in [0.2, 0.25) is 0 Å². The smallest absolute Gasteiger partial charge is 0.175 e. The van der Waals surface area contributed by atoms with Crippen molar-refractivity contribution >= 4 is 19.7 Å². The number of allylic oxidation sites excluding steroid dienone is 2. The highest BCUT2D eigenvalue weighted by Crippen LogP contribution is 2.47. The molecule has 0 aromatic rings. The Labute approximate surface area is 260 Å². The van der Waals surface area contributed by atoms with Gasteiger partial charge in [-0.2, -0.15) is 0 Å². The first-order valence-electron chi connectivity index (χ1n) is 16.9. The molecule has 0 radical (unpaired) electrons. The van der Waals surface area contributed by atoms with Gasteiger partial charge in [-0.1, -0.05) is 166 Å². The number of unbranched alkanes of at least 4 members (excludes halogenated alkanes) is 18. The van der Waals surface area contributed by atoms with Crippen molar-refractivity contribution in [3.8, 4) is 0 Å². The van der Waals surface area contributed by atoms with Crippen molar-refractivity contribution in [3.05, 3.63) is 46.8 Å². The number of rotatable bonds is 26. The molecule has 0 aromatic heterocycles. The van der Waals surface area contributed by atoms with E-state index in [9.17, 15) is 16.8 Å². The summed E-state index contributed by atoms with van der Waals surface area (Å²) in [6.07, 6.45) is 27.2. The van der Waals surface area contributed by atoms with Crippen molar-refractivity contribution in [1.29, 1.82) is 0 Å². The van der Waals surface area contributed by atoms with Crippen LogP contribution in [0.3, 0.4) is 0 Å². The van der Waals surface area contributed by atoms with E-state index in [-0.39, 0.29) is 21.3 Å². The van der Waals surface area contributed by atoms with E-state index in [2.05, 4.69) is 27.0 Å². The Kier molecular flexibility index (Phi) is 19.2. The second-order valence-electron chi connectivity index (χ2n) is 12.5. The van der Waals surface area contributed by atoms with E-state index in [1.807, 2.05) is 6.92 Å². The first-order chi connectivity index (χ1) is 20.0. The fraction of sp³-hybridized carbons (Fsp3) is 0.771. The molecule has 1 aliphatic rings. The zero-order valence-corrected chi connectivity index (χ0v) is 28.9. The van der Waals surface area contributed by atoms with Crippen LogP contribution in [-0.4, -0.2) is 34.4 Å². The summed E-state index contributed by atoms with van der Waals surface area (Å²) in [5.74, 6) is -0.113. The summed E-state index contributed by atoms with van der Waals surface area (Å²) in [5.41, 5.74) is 5.69. The van der Waals surface area contributed by atoms with Crippen LogP contribution < -0.4 is 5.73 Å². The predicted octanol–water partition coefficient (Wildman–Crippen LogP) is 9.52. The maximum Gasteiger partial charge on any atom is 0.175 e. The monoisotopic (exact) mass is 625 g/mol. The number of sulfone groups is 2. The van der Waals surface area contributed by atoms with Crippen LogP contribution in [0.1, 0.15) is 149 Å². The molecule has 1 atom stereocenters. The van der Waals surface area contributed by atoms with Gasteiger partial charge in [0.1, 0.15) is 0 Å². The summed E-state index contributed by atoms with van der Waals surface area (Å²) < 4.78 is 54.2. The molecular formula is C35H63NO4S2. The van der Waals surface area contributed by atoms with E-state index < -0.39 is 31.1 Å². The predicted molar refractivity (Wildman–Crippen MR) is 183 cm³/mol. The van der Waals surface area contributed by atoms with Crippen molar-refractivity contribution in [2.24, 2.45) is 11.1 Å². The van der Waals surface area contributed by atoms with Gasteiger partial charge in [0.25, 0.3) is 0 Å². The molecule has 7 heteroatoms. The van der Waals surface area contributed by atoms with E-state index >= 15 is 0 Å². The van der Waals surface area contributed by atoms with Gasteiger partial charge in [0.05, 0.1) is 26.7 Å². The minimum Gasteiger partial charge on any atom is -0.323 e. The highest BCUT2D eigenvalue weighted by atomic mass is 32.2. The molecule has 0 fully saturated rings. The fourth-order valence-corrected chi connectivity index (χ4v) is 9.31. The molecule has 0 heterocycles. The summed E-state index contributed by atoms with van der Waals surface area (Å²) in [6, 6.07) is -0.869. The van der Waals surface area contributed by atoms with Crippen LogP contribution in [0.5, 0.6) is 0 Å². The molecule has 244 valence electrons. The maximum absolute atomic E-state index is 13.6. The summed E-state index contributed by atoms with van der Waals surface area (Å²) in [5, 5.41) is 0. The van der Waals surface area contributed by atoms with Crippen molar-refractivity contribution in [3.63, 3.8) is 0 Å². The first kappa shape index (κ1) is 38.8. The highest BCUT2D eigenvalue weighted by Gasteiger charge is 2.49. The average Bonchev–Trinajstić information content (AvgIpc) is 2.95. The quantitative estimate of drug-likeness (QED) is 0.0966. The Morgan fingerprint density at radius 1 is 0.643 bits per heavy atom.